The highest BCUT2D eigenvalue weighted by Gasteiger charge is 2.10. The van der Waals surface area contributed by atoms with E-state index in [2.05, 4.69) is 9.98 Å². The number of thiazole rings is 1. The lowest BCUT2D eigenvalue weighted by molar-refractivity contribution is 0.102. The standard InChI is InChI=1S/C22H15FN2O2S2/c23-16-7-5-14(6-8-16)20(27)13-28-22-25-18-10-9-17(11-21(18)29-22)24-12-15-3-1-2-4-19(15)26/h1-12,26H,13H2. The molecule has 3 aromatic carbocycles. The van der Waals surface area contributed by atoms with Gasteiger partial charge in [0, 0.05) is 17.3 Å². The van der Waals surface area contributed by atoms with Crippen molar-refractivity contribution in [3.8, 4) is 5.75 Å². The van der Waals surface area contributed by atoms with Gasteiger partial charge >= 0.3 is 0 Å². The zero-order chi connectivity index (χ0) is 20.2. The Labute approximate surface area is 174 Å². The van der Waals surface area contributed by atoms with Gasteiger partial charge in [0.25, 0.3) is 0 Å². The Morgan fingerprint density at radius 2 is 1.93 bits per heavy atom. The highest BCUT2D eigenvalue weighted by atomic mass is 32.2. The third-order valence-electron chi connectivity index (χ3n) is 4.13. The lowest BCUT2D eigenvalue weighted by Gasteiger charge is -1.99. The molecule has 0 atom stereocenters. The van der Waals surface area contributed by atoms with E-state index >= 15 is 0 Å². The maximum atomic E-state index is 13.0. The zero-order valence-electron chi connectivity index (χ0n) is 15.1. The summed E-state index contributed by atoms with van der Waals surface area (Å²) in [4.78, 5) is 21.2. The fourth-order valence-corrected chi connectivity index (χ4v) is 4.62. The molecule has 0 amide bonds. The van der Waals surface area contributed by atoms with E-state index in [1.54, 1.807) is 24.4 Å². The van der Waals surface area contributed by atoms with Gasteiger partial charge in [-0.05, 0) is 54.6 Å². The van der Waals surface area contributed by atoms with Gasteiger partial charge in [0.1, 0.15) is 11.6 Å². The van der Waals surface area contributed by atoms with Crippen LogP contribution in [0.5, 0.6) is 5.75 Å². The van der Waals surface area contributed by atoms with E-state index < -0.39 is 0 Å². The minimum atomic E-state index is -0.360. The maximum Gasteiger partial charge on any atom is 0.173 e. The number of rotatable bonds is 6. The largest absolute Gasteiger partial charge is 0.507 e. The lowest BCUT2D eigenvalue weighted by atomic mass is 10.1. The van der Waals surface area contributed by atoms with Crippen molar-refractivity contribution in [2.45, 2.75) is 4.34 Å². The summed E-state index contributed by atoms with van der Waals surface area (Å²) >= 11 is 2.86. The topological polar surface area (TPSA) is 62.5 Å². The molecule has 0 spiro atoms. The van der Waals surface area contributed by atoms with Crippen molar-refractivity contribution in [3.05, 3.63) is 83.7 Å². The van der Waals surface area contributed by atoms with Gasteiger partial charge in [-0.15, -0.1) is 11.3 Å². The first-order chi connectivity index (χ1) is 14.1. The molecule has 7 heteroatoms. The predicted molar refractivity (Wildman–Crippen MR) is 116 cm³/mol. The molecule has 0 aliphatic heterocycles. The number of aromatic hydroxyl groups is 1. The molecule has 0 saturated carbocycles. The van der Waals surface area contributed by atoms with Crippen molar-refractivity contribution in [1.82, 2.24) is 4.98 Å². The summed E-state index contributed by atoms with van der Waals surface area (Å²) in [5, 5.41) is 9.82. The molecule has 0 bridgehead atoms. The Morgan fingerprint density at radius 3 is 2.72 bits per heavy atom. The van der Waals surface area contributed by atoms with Crippen molar-refractivity contribution in [2.24, 2.45) is 4.99 Å². The molecule has 1 heterocycles. The number of nitrogens with zero attached hydrogens (tertiary/aromatic N) is 2. The van der Waals surface area contributed by atoms with E-state index in [0.29, 0.717) is 11.1 Å². The molecule has 4 rings (SSSR count). The van der Waals surface area contributed by atoms with Gasteiger partial charge in [0.2, 0.25) is 0 Å². The summed E-state index contributed by atoms with van der Waals surface area (Å²) in [5.41, 5.74) is 2.73. The van der Waals surface area contributed by atoms with Crippen LogP contribution >= 0.6 is 23.1 Å². The summed E-state index contributed by atoms with van der Waals surface area (Å²) in [7, 11) is 0. The van der Waals surface area contributed by atoms with Gasteiger partial charge in [-0.25, -0.2) is 9.37 Å². The number of ketones is 1. The molecule has 0 fully saturated rings. The number of Topliss-reactive ketones (excluding diaryl/α,β-unsaturated/α-hetero) is 1. The van der Waals surface area contributed by atoms with E-state index in [1.165, 1.54) is 47.4 Å². The van der Waals surface area contributed by atoms with E-state index in [4.69, 9.17) is 0 Å². The van der Waals surface area contributed by atoms with E-state index in [1.807, 2.05) is 24.3 Å². The van der Waals surface area contributed by atoms with Gasteiger partial charge in [0.15, 0.2) is 10.1 Å². The number of hydrogen-bond donors (Lipinski definition) is 1. The molecule has 144 valence electrons. The van der Waals surface area contributed by atoms with Crippen LogP contribution in [0.15, 0.2) is 76.1 Å². The SMILES string of the molecule is O=C(CSc1nc2ccc(N=Cc3ccccc3O)cc2s1)c1ccc(F)cc1. The van der Waals surface area contributed by atoms with Crippen molar-refractivity contribution >= 4 is 51.0 Å². The monoisotopic (exact) mass is 422 g/mol. The molecular weight excluding hydrogens is 407 g/mol. The zero-order valence-corrected chi connectivity index (χ0v) is 16.7. The number of fused-ring (bicyclic) bond motifs is 1. The van der Waals surface area contributed by atoms with Crippen molar-refractivity contribution in [3.63, 3.8) is 0 Å². The Kier molecular flexibility index (Phi) is 5.69. The number of hydrogen-bond acceptors (Lipinski definition) is 6. The summed E-state index contributed by atoms with van der Waals surface area (Å²) in [5.74, 6) is -0.00725. The molecule has 29 heavy (non-hydrogen) atoms. The van der Waals surface area contributed by atoms with Crippen LogP contribution in [-0.4, -0.2) is 27.8 Å². The van der Waals surface area contributed by atoms with Crippen LogP contribution in [0.2, 0.25) is 0 Å². The third-order valence-corrected chi connectivity index (χ3v) is 6.30. The highest BCUT2D eigenvalue weighted by Crippen LogP contribution is 2.32. The number of aromatic nitrogens is 1. The average Bonchev–Trinajstić information content (AvgIpc) is 3.14. The molecule has 0 unspecified atom stereocenters. The smallest absolute Gasteiger partial charge is 0.173 e. The van der Waals surface area contributed by atoms with Gasteiger partial charge in [0.05, 0.1) is 21.7 Å². The molecular formula is C22H15FN2O2S2. The molecule has 1 aromatic heterocycles. The van der Waals surface area contributed by atoms with Crippen molar-refractivity contribution in [1.29, 1.82) is 0 Å². The van der Waals surface area contributed by atoms with Crippen molar-refractivity contribution in [2.75, 3.05) is 5.75 Å². The molecule has 0 saturated heterocycles. The lowest BCUT2D eigenvalue weighted by Crippen LogP contribution is -2.01. The fourth-order valence-electron chi connectivity index (χ4n) is 2.62. The predicted octanol–water partition coefficient (Wildman–Crippen LogP) is 5.87. The minimum absolute atomic E-state index is 0.0674. The average molecular weight is 423 g/mol. The number of thioether (sulfide) groups is 1. The van der Waals surface area contributed by atoms with Crippen LogP contribution < -0.4 is 0 Å². The van der Waals surface area contributed by atoms with E-state index in [0.717, 1.165) is 20.2 Å². The van der Waals surface area contributed by atoms with Gasteiger partial charge in [-0.3, -0.25) is 9.79 Å². The van der Waals surface area contributed by atoms with Crippen LogP contribution in [0.4, 0.5) is 10.1 Å². The second kappa shape index (κ2) is 8.55. The maximum absolute atomic E-state index is 13.0. The summed E-state index contributed by atoms with van der Waals surface area (Å²) in [6, 6.07) is 18.2. The first-order valence-electron chi connectivity index (χ1n) is 8.73. The third kappa shape index (κ3) is 4.70. The first kappa shape index (κ1) is 19.3. The van der Waals surface area contributed by atoms with Crippen LogP contribution in [0, 0.1) is 5.82 Å². The van der Waals surface area contributed by atoms with Crippen LogP contribution in [0.25, 0.3) is 10.2 Å². The fraction of sp³-hybridized carbons (Fsp3) is 0.0455. The number of halogens is 1. The van der Waals surface area contributed by atoms with Crippen molar-refractivity contribution < 1.29 is 14.3 Å². The minimum Gasteiger partial charge on any atom is -0.507 e. The Bertz CT molecular complexity index is 1200. The normalized spacial score (nSPS) is 11.3. The molecule has 1 N–H and O–H groups in total. The Morgan fingerprint density at radius 1 is 1.14 bits per heavy atom. The molecule has 0 aliphatic rings. The second-order valence-electron chi connectivity index (χ2n) is 6.17. The molecule has 0 aliphatic carbocycles. The summed E-state index contributed by atoms with van der Waals surface area (Å²) in [6.45, 7) is 0. The van der Waals surface area contributed by atoms with Crippen LogP contribution in [0.3, 0.4) is 0 Å². The van der Waals surface area contributed by atoms with Gasteiger partial charge < -0.3 is 5.11 Å². The number of phenols is 1. The first-order valence-corrected chi connectivity index (χ1v) is 10.5. The summed E-state index contributed by atoms with van der Waals surface area (Å²) < 4.78 is 14.7. The quantitative estimate of drug-likeness (QED) is 0.240. The Balaban J connectivity index is 1.46. The Hall–Kier alpha value is -3.03. The van der Waals surface area contributed by atoms with E-state index in [-0.39, 0.29) is 23.1 Å². The second-order valence-corrected chi connectivity index (χ2v) is 8.42. The number of carbonyl (C=O) groups is 1. The molecule has 0 radical (unpaired) electrons. The molecule has 4 nitrogen and oxygen atoms in total. The summed E-state index contributed by atoms with van der Waals surface area (Å²) in [6.07, 6.45) is 1.62. The van der Waals surface area contributed by atoms with Crippen LogP contribution in [0.1, 0.15) is 15.9 Å². The highest BCUT2D eigenvalue weighted by molar-refractivity contribution is 8.01. The van der Waals surface area contributed by atoms with Gasteiger partial charge in [-0.1, -0.05) is 23.9 Å². The van der Waals surface area contributed by atoms with Gasteiger partial charge in [-0.2, -0.15) is 0 Å². The van der Waals surface area contributed by atoms with Crippen LogP contribution in [-0.2, 0) is 0 Å². The number of aliphatic imine (C=N–C) groups is 1. The number of para-hydroxylation sites is 1. The number of phenolic OH excluding ortho intramolecular Hbond substituents is 1. The number of benzene rings is 3. The van der Waals surface area contributed by atoms with E-state index in [9.17, 15) is 14.3 Å². The molecule has 4 aromatic rings. The number of carbonyl (C=O) groups excluding carboxylic acids is 1.